The Morgan fingerprint density at radius 3 is 2.89 bits per heavy atom. The van der Waals surface area contributed by atoms with Crippen LogP contribution in [0.25, 0.3) is 0 Å². The van der Waals surface area contributed by atoms with E-state index in [4.69, 9.17) is 0 Å². The zero-order valence-electron chi connectivity index (χ0n) is 10.0. The highest BCUT2D eigenvalue weighted by molar-refractivity contribution is 7.91. The average Bonchev–Trinajstić information content (AvgIpc) is 2.62. The van der Waals surface area contributed by atoms with Crippen molar-refractivity contribution in [2.45, 2.75) is 17.4 Å². The number of carbonyl (C=O) groups is 1. The number of esters is 1. The molecule has 0 aliphatic carbocycles. The van der Waals surface area contributed by atoms with E-state index in [1.165, 1.54) is 7.11 Å². The molecule has 5 nitrogen and oxygen atoms in total. The lowest BCUT2D eigenvalue weighted by Crippen LogP contribution is -2.25. The highest BCUT2D eigenvalue weighted by atomic mass is 32.2. The standard InChI is InChI=1S/C12H15NO4S/c1-17-12(14)6-7-13-10-8-18(15,16)11-5-3-2-4-9(10)11/h2-5,10,13H,6-8H2,1H3. The zero-order chi connectivity index (χ0) is 13.2. The van der Waals surface area contributed by atoms with E-state index in [9.17, 15) is 13.2 Å². The molecule has 1 aliphatic rings. The Morgan fingerprint density at radius 1 is 1.44 bits per heavy atom. The third kappa shape index (κ3) is 2.54. The molecule has 1 atom stereocenters. The van der Waals surface area contributed by atoms with Crippen LogP contribution in [0, 0.1) is 0 Å². The first kappa shape index (κ1) is 13.0. The van der Waals surface area contributed by atoms with Crippen molar-refractivity contribution in [3.05, 3.63) is 29.8 Å². The highest BCUT2D eigenvalue weighted by Gasteiger charge is 2.33. The summed E-state index contributed by atoms with van der Waals surface area (Å²) >= 11 is 0. The second-order valence-corrected chi connectivity index (χ2v) is 6.15. The molecule has 0 radical (unpaired) electrons. The number of methoxy groups -OCH3 is 1. The normalized spacial score (nSPS) is 20.4. The van der Waals surface area contributed by atoms with Gasteiger partial charge in [-0.05, 0) is 11.6 Å². The van der Waals surface area contributed by atoms with E-state index in [1.54, 1.807) is 18.2 Å². The molecule has 1 aromatic rings. The number of benzene rings is 1. The summed E-state index contributed by atoms with van der Waals surface area (Å²) in [7, 11) is -1.86. The first-order valence-electron chi connectivity index (χ1n) is 5.66. The molecule has 0 bridgehead atoms. The molecule has 0 amide bonds. The van der Waals surface area contributed by atoms with E-state index >= 15 is 0 Å². The Kier molecular flexibility index (Phi) is 3.68. The first-order chi connectivity index (χ1) is 8.54. The monoisotopic (exact) mass is 269 g/mol. The fourth-order valence-corrected chi connectivity index (χ4v) is 3.84. The fourth-order valence-electron chi connectivity index (χ4n) is 2.07. The Hall–Kier alpha value is -1.40. The van der Waals surface area contributed by atoms with Crippen molar-refractivity contribution in [3.8, 4) is 0 Å². The van der Waals surface area contributed by atoms with Gasteiger partial charge in [-0.2, -0.15) is 0 Å². The van der Waals surface area contributed by atoms with Gasteiger partial charge in [0.15, 0.2) is 9.84 Å². The molecule has 0 spiro atoms. The molecule has 1 aromatic carbocycles. The summed E-state index contributed by atoms with van der Waals surface area (Å²) in [6.45, 7) is 0.404. The summed E-state index contributed by atoms with van der Waals surface area (Å²) in [5, 5.41) is 3.08. The molecule has 0 aromatic heterocycles. The molecule has 1 aliphatic heterocycles. The van der Waals surface area contributed by atoms with Crippen LogP contribution in [-0.4, -0.2) is 33.8 Å². The summed E-state index contributed by atoms with van der Waals surface area (Å²) in [5.74, 6) is -0.260. The summed E-state index contributed by atoms with van der Waals surface area (Å²) in [6, 6.07) is 6.71. The maximum absolute atomic E-state index is 11.9. The molecule has 6 heteroatoms. The van der Waals surface area contributed by atoms with Gasteiger partial charge in [0.05, 0.1) is 24.2 Å². The second-order valence-electron chi connectivity index (χ2n) is 4.15. The van der Waals surface area contributed by atoms with Gasteiger partial charge in [0, 0.05) is 12.6 Å². The maximum Gasteiger partial charge on any atom is 0.306 e. The van der Waals surface area contributed by atoms with Gasteiger partial charge in [0.1, 0.15) is 0 Å². The molecule has 18 heavy (non-hydrogen) atoms. The lowest BCUT2D eigenvalue weighted by Gasteiger charge is -2.11. The van der Waals surface area contributed by atoms with Crippen molar-refractivity contribution in [3.63, 3.8) is 0 Å². The minimum Gasteiger partial charge on any atom is -0.469 e. The molecule has 1 heterocycles. The Bertz CT molecular complexity index is 553. The van der Waals surface area contributed by atoms with E-state index < -0.39 is 9.84 Å². The van der Waals surface area contributed by atoms with Crippen molar-refractivity contribution in [1.82, 2.24) is 5.32 Å². The summed E-state index contributed by atoms with van der Waals surface area (Å²) in [4.78, 5) is 11.4. The fraction of sp³-hybridized carbons (Fsp3) is 0.417. The second kappa shape index (κ2) is 5.07. The number of hydrogen-bond donors (Lipinski definition) is 1. The van der Waals surface area contributed by atoms with Crippen LogP contribution in [0.15, 0.2) is 29.2 Å². The molecule has 98 valence electrons. The van der Waals surface area contributed by atoms with Crippen LogP contribution < -0.4 is 5.32 Å². The molecular formula is C12H15NO4S. The quantitative estimate of drug-likeness (QED) is 0.813. The number of fused-ring (bicyclic) bond motifs is 1. The summed E-state index contributed by atoms with van der Waals surface area (Å²) in [6.07, 6.45) is 0.231. The Balaban J connectivity index is 2.07. The van der Waals surface area contributed by atoms with E-state index in [-0.39, 0.29) is 24.2 Å². The van der Waals surface area contributed by atoms with Gasteiger partial charge in [0.25, 0.3) is 0 Å². The zero-order valence-corrected chi connectivity index (χ0v) is 10.9. The number of hydrogen-bond acceptors (Lipinski definition) is 5. The van der Waals surface area contributed by atoms with Crippen molar-refractivity contribution < 1.29 is 17.9 Å². The Morgan fingerprint density at radius 2 is 2.17 bits per heavy atom. The smallest absolute Gasteiger partial charge is 0.306 e. The summed E-state index contributed by atoms with van der Waals surface area (Å²) < 4.78 is 28.3. The number of nitrogens with one attached hydrogen (secondary N) is 1. The predicted molar refractivity (Wildman–Crippen MR) is 65.9 cm³/mol. The van der Waals surface area contributed by atoms with Crippen molar-refractivity contribution in [2.75, 3.05) is 19.4 Å². The van der Waals surface area contributed by atoms with Gasteiger partial charge in [0.2, 0.25) is 0 Å². The van der Waals surface area contributed by atoms with Gasteiger partial charge in [-0.1, -0.05) is 18.2 Å². The number of rotatable bonds is 4. The third-order valence-electron chi connectivity index (χ3n) is 2.96. The molecule has 2 rings (SSSR count). The number of carbonyl (C=O) groups excluding carboxylic acids is 1. The Labute approximate surface area is 106 Å². The van der Waals surface area contributed by atoms with E-state index in [2.05, 4.69) is 10.1 Å². The van der Waals surface area contributed by atoms with Gasteiger partial charge in [-0.15, -0.1) is 0 Å². The van der Waals surface area contributed by atoms with Crippen LogP contribution in [-0.2, 0) is 19.4 Å². The molecule has 0 saturated carbocycles. The summed E-state index contributed by atoms with van der Waals surface area (Å²) in [5.41, 5.74) is 0.780. The van der Waals surface area contributed by atoms with Crippen LogP contribution >= 0.6 is 0 Å². The maximum atomic E-state index is 11.9. The molecule has 0 fully saturated rings. The SMILES string of the molecule is COC(=O)CCNC1CS(=O)(=O)c2ccccc21. The average molecular weight is 269 g/mol. The van der Waals surface area contributed by atoms with Crippen LogP contribution in [0.5, 0.6) is 0 Å². The van der Waals surface area contributed by atoms with Crippen LogP contribution in [0.4, 0.5) is 0 Å². The van der Waals surface area contributed by atoms with Crippen molar-refractivity contribution in [1.29, 1.82) is 0 Å². The largest absolute Gasteiger partial charge is 0.469 e. The first-order valence-corrected chi connectivity index (χ1v) is 7.31. The highest BCUT2D eigenvalue weighted by Crippen LogP contribution is 2.32. The van der Waals surface area contributed by atoms with E-state index in [1.807, 2.05) is 6.07 Å². The molecular weight excluding hydrogens is 254 g/mol. The van der Waals surface area contributed by atoms with Gasteiger partial charge >= 0.3 is 5.97 Å². The third-order valence-corrected chi connectivity index (χ3v) is 4.78. The van der Waals surface area contributed by atoms with Crippen molar-refractivity contribution in [2.24, 2.45) is 0 Å². The van der Waals surface area contributed by atoms with Crippen LogP contribution in [0.1, 0.15) is 18.0 Å². The van der Waals surface area contributed by atoms with Gasteiger partial charge in [-0.3, -0.25) is 4.79 Å². The lowest BCUT2D eigenvalue weighted by atomic mass is 10.1. The van der Waals surface area contributed by atoms with Crippen molar-refractivity contribution >= 4 is 15.8 Å². The topological polar surface area (TPSA) is 72.5 Å². The predicted octanol–water partition coefficient (Wildman–Crippen LogP) is 0.668. The minimum atomic E-state index is -3.19. The van der Waals surface area contributed by atoms with Crippen LogP contribution in [0.2, 0.25) is 0 Å². The van der Waals surface area contributed by atoms with E-state index in [0.29, 0.717) is 11.4 Å². The number of sulfone groups is 1. The lowest BCUT2D eigenvalue weighted by molar-refractivity contribution is -0.140. The molecule has 1 unspecified atom stereocenters. The minimum absolute atomic E-state index is 0.0491. The molecule has 1 N–H and O–H groups in total. The van der Waals surface area contributed by atoms with Gasteiger partial charge in [-0.25, -0.2) is 8.42 Å². The van der Waals surface area contributed by atoms with Gasteiger partial charge < -0.3 is 10.1 Å². The van der Waals surface area contributed by atoms with E-state index in [0.717, 1.165) is 5.56 Å². The van der Waals surface area contributed by atoms with Crippen LogP contribution in [0.3, 0.4) is 0 Å². The molecule has 0 saturated heterocycles. The number of ether oxygens (including phenoxy) is 1.